The van der Waals surface area contributed by atoms with Crippen LogP contribution in [0, 0.1) is 5.92 Å². The lowest BCUT2D eigenvalue weighted by Crippen LogP contribution is -2.39. The smallest absolute Gasteiger partial charge is 0.113 e. The number of rotatable bonds is 2. The molecule has 0 radical (unpaired) electrons. The van der Waals surface area contributed by atoms with Gasteiger partial charge in [-0.15, -0.1) is 0 Å². The molecule has 0 fully saturated rings. The number of allylic oxidation sites excluding steroid dienone is 2. The van der Waals surface area contributed by atoms with E-state index in [1.807, 2.05) is 6.08 Å². The molecule has 0 aromatic heterocycles. The zero-order chi connectivity index (χ0) is 10.1. The SMILES string of the molecule is COC1=CCC(C(C)(C)O)C(F)C1. The highest BCUT2D eigenvalue weighted by molar-refractivity contribution is 5.05. The van der Waals surface area contributed by atoms with Crippen LogP contribution in [0.4, 0.5) is 4.39 Å². The summed E-state index contributed by atoms with van der Waals surface area (Å²) in [6.45, 7) is 3.30. The van der Waals surface area contributed by atoms with Crippen LogP contribution in [0.2, 0.25) is 0 Å². The van der Waals surface area contributed by atoms with Crippen LogP contribution in [-0.2, 0) is 4.74 Å². The van der Waals surface area contributed by atoms with E-state index >= 15 is 0 Å². The topological polar surface area (TPSA) is 29.5 Å². The third kappa shape index (κ3) is 2.44. The fourth-order valence-electron chi connectivity index (χ4n) is 1.72. The molecule has 2 atom stereocenters. The maximum atomic E-state index is 13.5. The summed E-state index contributed by atoms with van der Waals surface area (Å²) in [5.74, 6) is 0.374. The Morgan fingerprint density at radius 1 is 1.62 bits per heavy atom. The van der Waals surface area contributed by atoms with Crippen LogP contribution < -0.4 is 0 Å². The van der Waals surface area contributed by atoms with E-state index in [1.54, 1.807) is 21.0 Å². The van der Waals surface area contributed by atoms with Gasteiger partial charge in [-0.25, -0.2) is 4.39 Å². The summed E-state index contributed by atoms with van der Waals surface area (Å²) >= 11 is 0. The van der Waals surface area contributed by atoms with Crippen LogP contribution in [0.25, 0.3) is 0 Å². The van der Waals surface area contributed by atoms with Crippen LogP contribution in [0.15, 0.2) is 11.8 Å². The number of aliphatic hydroxyl groups is 1. The molecule has 1 aliphatic rings. The second-order valence-electron chi connectivity index (χ2n) is 4.09. The van der Waals surface area contributed by atoms with Crippen LogP contribution in [-0.4, -0.2) is 24.0 Å². The van der Waals surface area contributed by atoms with Gasteiger partial charge in [-0.1, -0.05) is 0 Å². The minimum atomic E-state index is -1.00. The Bertz CT molecular complexity index is 205. The molecule has 0 aliphatic heterocycles. The van der Waals surface area contributed by atoms with E-state index in [2.05, 4.69) is 0 Å². The molecule has 0 amide bonds. The van der Waals surface area contributed by atoms with Crippen molar-refractivity contribution in [3.05, 3.63) is 11.8 Å². The molecule has 0 aromatic rings. The summed E-state index contributed by atoms with van der Waals surface area (Å²) in [4.78, 5) is 0. The van der Waals surface area contributed by atoms with E-state index in [4.69, 9.17) is 4.74 Å². The van der Waals surface area contributed by atoms with Gasteiger partial charge in [0.25, 0.3) is 0 Å². The van der Waals surface area contributed by atoms with Gasteiger partial charge in [0.05, 0.1) is 18.5 Å². The fraction of sp³-hybridized carbons (Fsp3) is 0.800. The zero-order valence-electron chi connectivity index (χ0n) is 8.38. The molecule has 0 aromatic carbocycles. The quantitative estimate of drug-likeness (QED) is 0.718. The summed E-state index contributed by atoms with van der Waals surface area (Å²) in [6, 6.07) is 0. The van der Waals surface area contributed by atoms with E-state index in [-0.39, 0.29) is 12.3 Å². The first-order chi connectivity index (χ1) is 5.95. The number of hydrogen-bond acceptors (Lipinski definition) is 2. The lowest BCUT2D eigenvalue weighted by molar-refractivity contribution is -0.0259. The molecule has 76 valence electrons. The Morgan fingerprint density at radius 2 is 2.23 bits per heavy atom. The highest BCUT2D eigenvalue weighted by Crippen LogP contribution is 2.34. The molecule has 1 N–H and O–H groups in total. The van der Waals surface area contributed by atoms with Gasteiger partial charge >= 0.3 is 0 Å². The number of ether oxygens (including phenoxy) is 1. The van der Waals surface area contributed by atoms with Crippen molar-refractivity contribution in [2.75, 3.05) is 7.11 Å². The predicted molar refractivity (Wildman–Crippen MR) is 49.0 cm³/mol. The Labute approximate surface area is 78.4 Å². The highest BCUT2D eigenvalue weighted by atomic mass is 19.1. The van der Waals surface area contributed by atoms with Crippen LogP contribution >= 0.6 is 0 Å². The minimum Gasteiger partial charge on any atom is -0.501 e. The average Bonchev–Trinajstić information content (AvgIpc) is 2.01. The maximum absolute atomic E-state index is 13.5. The van der Waals surface area contributed by atoms with Gasteiger partial charge in [0.1, 0.15) is 6.17 Å². The molecule has 0 heterocycles. The van der Waals surface area contributed by atoms with Crippen molar-refractivity contribution >= 4 is 0 Å². The number of methoxy groups -OCH3 is 1. The summed E-state index contributed by atoms with van der Waals surface area (Å²) in [6.07, 6.45) is 1.69. The summed E-state index contributed by atoms with van der Waals surface area (Å²) in [5, 5.41) is 9.66. The van der Waals surface area contributed by atoms with Gasteiger partial charge in [0, 0.05) is 12.3 Å². The molecule has 0 bridgehead atoms. The van der Waals surface area contributed by atoms with Gasteiger partial charge in [0.15, 0.2) is 0 Å². The van der Waals surface area contributed by atoms with Crippen molar-refractivity contribution in [2.24, 2.45) is 5.92 Å². The Hall–Kier alpha value is -0.570. The fourth-order valence-corrected chi connectivity index (χ4v) is 1.72. The van der Waals surface area contributed by atoms with E-state index in [0.717, 1.165) is 0 Å². The van der Waals surface area contributed by atoms with Crippen LogP contribution in [0.3, 0.4) is 0 Å². The van der Waals surface area contributed by atoms with Crippen LogP contribution in [0.1, 0.15) is 26.7 Å². The van der Waals surface area contributed by atoms with Crippen molar-refractivity contribution < 1.29 is 14.2 Å². The summed E-state index contributed by atoms with van der Waals surface area (Å²) < 4.78 is 18.5. The molecule has 2 nitrogen and oxygen atoms in total. The second kappa shape index (κ2) is 3.66. The molecule has 2 unspecified atom stereocenters. The summed E-state index contributed by atoms with van der Waals surface area (Å²) in [7, 11) is 1.54. The third-order valence-corrected chi connectivity index (χ3v) is 2.60. The number of hydrogen-bond donors (Lipinski definition) is 1. The molecule has 0 saturated carbocycles. The van der Waals surface area contributed by atoms with E-state index < -0.39 is 11.8 Å². The first-order valence-electron chi connectivity index (χ1n) is 4.54. The number of alkyl halides is 1. The molecule has 1 aliphatic carbocycles. The van der Waals surface area contributed by atoms with Gasteiger partial charge in [-0.2, -0.15) is 0 Å². The van der Waals surface area contributed by atoms with Crippen molar-refractivity contribution in [3.63, 3.8) is 0 Å². The van der Waals surface area contributed by atoms with E-state index in [1.165, 1.54) is 0 Å². The standard InChI is InChI=1S/C10H17FO2/c1-10(2,12)8-5-4-7(13-3)6-9(8)11/h4,8-9,12H,5-6H2,1-3H3. The predicted octanol–water partition coefficient (Wildman–Crippen LogP) is 2.04. The van der Waals surface area contributed by atoms with Crippen molar-refractivity contribution in [1.29, 1.82) is 0 Å². The Balaban J connectivity index is 2.68. The molecule has 0 saturated heterocycles. The zero-order valence-corrected chi connectivity index (χ0v) is 8.38. The Morgan fingerprint density at radius 3 is 2.62 bits per heavy atom. The second-order valence-corrected chi connectivity index (χ2v) is 4.09. The van der Waals surface area contributed by atoms with Gasteiger partial charge < -0.3 is 9.84 Å². The van der Waals surface area contributed by atoms with Gasteiger partial charge in [-0.05, 0) is 26.3 Å². The molecule has 1 rings (SSSR count). The largest absolute Gasteiger partial charge is 0.501 e. The third-order valence-electron chi connectivity index (χ3n) is 2.60. The van der Waals surface area contributed by atoms with Crippen molar-refractivity contribution in [2.45, 2.75) is 38.5 Å². The number of halogens is 1. The average molecular weight is 188 g/mol. The molecule has 0 spiro atoms. The Kier molecular flexibility index (Phi) is 2.96. The lowest BCUT2D eigenvalue weighted by atomic mass is 9.80. The first kappa shape index (κ1) is 10.5. The van der Waals surface area contributed by atoms with E-state index in [0.29, 0.717) is 12.2 Å². The van der Waals surface area contributed by atoms with Crippen molar-refractivity contribution in [1.82, 2.24) is 0 Å². The first-order valence-corrected chi connectivity index (χ1v) is 4.54. The molecular formula is C10H17FO2. The van der Waals surface area contributed by atoms with E-state index in [9.17, 15) is 9.50 Å². The van der Waals surface area contributed by atoms with Crippen molar-refractivity contribution in [3.8, 4) is 0 Å². The lowest BCUT2D eigenvalue weighted by Gasteiger charge is -2.34. The minimum absolute atomic E-state index is 0.283. The van der Waals surface area contributed by atoms with Gasteiger partial charge in [0.2, 0.25) is 0 Å². The maximum Gasteiger partial charge on any atom is 0.113 e. The highest BCUT2D eigenvalue weighted by Gasteiger charge is 2.36. The van der Waals surface area contributed by atoms with Gasteiger partial charge in [-0.3, -0.25) is 0 Å². The molecular weight excluding hydrogens is 171 g/mol. The monoisotopic (exact) mass is 188 g/mol. The molecule has 3 heteroatoms. The summed E-state index contributed by atoms with van der Waals surface area (Å²) in [5.41, 5.74) is -0.949. The van der Waals surface area contributed by atoms with Crippen LogP contribution in [0.5, 0.6) is 0 Å². The molecule has 13 heavy (non-hydrogen) atoms. The normalized spacial score (nSPS) is 29.8.